The second kappa shape index (κ2) is 10.4. The van der Waals surface area contributed by atoms with E-state index in [4.69, 9.17) is 0 Å². The van der Waals surface area contributed by atoms with Gasteiger partial charge in [-0.1, -0.05) is 43.2 Å². The Balaban J connectivity index is 1.39. The van der Waals surface area contributed by atoms with Crippen LogP contribution in [0, 0.1) is 0 Å². The van der Waals surface area contributed by atoms with E-state index < -0.39 is 0 Å². The Morgan fingerprint density at radius 2 is 1.63 bits per heavy atom. The molecule has 1 aliphatic heterocycles. The average molecular weight is 385 g/mol. The predicted octanol–water partition coefficient (Wildman–Crippen LogP) is 4.40. The van der Waals surface area contributed by atoms with Crippen LogP contribution in [0.25, 0.3) is 0 Å². The SMILES string of the molecule is O=C(CCC(=O)c1cccs1)NCc1ccc(CN2CCCCCC2)cc1. The molecule has 2 aromatic rings. The average Bonchev–Trinajstić information content (AvgIpc) is 3.11. The Kier molecular flexibility index (Phi) is 7.60. The van der Waals surface area contributed by atoms with Gasteiger partial charge in [-0.15, -0.1) is 11.3 Å². The van der Waals surface area contributed by atoms with Crippen molar-refractivity contribution >= 4 is 23.0 Å². The normalized spacial score (nSPS) is 15.3. The minimum Gasteiger partial charge on any atom is -0.352 e. The second-order valence-corrected chi connectivity index (χ2v) is 8.13. The molecule has 0 aliphatic carbocycles. The highest BCUT2D eigenvalue weighted by molar-refractivity contribution is 7.12. The first kappa shape index (κ1) is 19.8. The van der Waals surface area contributed by atoms with Gasteiger partial charge in [0, 0.05) is 25.9 Å². The van der Waals surface area contributed by atoms with Crippen molar-refractivity contribution in [1.29, 1.82) is 0 Å². The smallest absolute Gasteiger partial charge is 0.220 e. The number of likely N-dealkylation sites (tertiary alicyclic amines) is 1. The standard InChI is InChI=1S/C22H28N2O2S/c25-20(21-6-5-15-27-21)11-12-22(26)23-16-18-7-9-19(10-8-18)17-24-13-3-1-2-4-14-24/h5-10,15H,1-4,11-14,16-17H2,(H,23,26). The summed E-state index contributed by atoms with van der Waals surface area (Å²) in [6.07, 6.45) is 5.82. The number of amides is 1. The minimum atomic E-state index is -0.0754. The molecule has 2 heterocycles. The number of hydrogen-bond acceptors (Lipinski definition) is 4. The van der Waals surface area contributed by atoms with Gasteiger partial charge in [-0.25, -0.2) is 0 Å². The summed E-state index contributed by atoms with van der Waals surface area (Å²) in [5, 5.41) is 4.79. The van der Waals surface area contributed by atoms with Gasteiger partial charge in [0.2, 0.25) is 5.91 Å². The molecule has 0 saturated carbocycles. The molecule has 0 atom stereocenters. The van der Waals surface area contributed by atoms with Crippen LogP contribution in [0.5, 0.6) is 0 Å². The van der Waals surface area contributed by atoms with E-state index in [1.807, 2.05) is 11.4 Å². The lowest BCUT2D eigenvalue weighted by Gasteiger charge is -2.19. The monoisotopic (exact) mass is 384 g/mol. The van der Waals surface area contributed by atoms with Crippen molar-refractivity contribution in [2.24, 2.45) is 0 Å². The molecule has 5 heteroatoms. The summed E-state index contributed by atoms with van der Waals surface area (Å²) in [6, 6.07) is 12.2. The van der Waals surface area contributed by atoms with Crippen molar-refractivity contribution in [3.8, 4) is 0 Å². The topological polar surface area (TPSA) is 49.4 Å². The van der Waals surface area contributed by atoms with E-state index in [1.54, 1.807) is 6.07 Å². The zero-order chi connectivity index (χ0) is 18.9. The molecule has 1 amide bonds. The minimum absolute atomic E-state index is 0.0398. The van der Waals surface area contributed by atoms with Gasteiger partial charge in [0.25, 0.3) is 0 Å². The van der Waals surface area contributed by atoms with Gasteiger partial charge in [-0.2, -0.15) is 0 Å². The number of benzene rings is 1. The van der Waals surface area contributed by atoms with Gasteiger partial charge in [-0.3, -0.25) is 14.5 Å². The third kappa shape index (κ3) is 6.60. The molecule has 3 rings (SSSR count). The fourth-order valence-electron chi connectivity index (χ4n) is 3.39. The Labute approximate surface area is 165 Å². The number of carbonyl (C=O) groups excluding carboxylic acids is 2. The Morgan fingerprint density at radius 1 is 0.926 bits per heavy atom. The van der Waals surface area contributed by atoms with E-state index in [1.165, 1.54) is 55.7 Å². The Bertz CT molecular complexity index is 717. The van der Waals surface area contributed by atoms with Crippen molar-refractivity contribution in [2.45, 2.75) is 51.6 Å². The summed E-state index contributed by atoms with van der Waals surface area (Å²) in [4.78, 5) is 27.2. The first-order valence-corrected chi connectivity index (χ1v) is 10.7. The van der Waals surface area contributed by atoms with Crippen molar-refractivity contribution in [2.75, 3.05) is 13.1 Å². The van der Waals surface area contributed by atoms with Crippen LogP contribution in [0.15, 0.2) is 41.8 Å². The van der Waals surface area contributed by atoms with Crippen molar-refractivity contribution in [1.82, 2.24) is 10.2 Å². The van der Waals surface area contributed by atoms with Crippen molar-refractivity contribution in [3.63, 3.8) is 0 Å². The van der Waals surface area contributed by atoms with E-state index >= 15 is 0 Å². The maximum Gasteiger partial charge on any atom is 0.220 e. The van der Waals surface area contributed by atoms with Crippen LogP contribution in [0.1, 0.15) is 59.3 Å². The molecule has 1 aromatic heterocycles. The second-order valence-electron chi connectivity index (χ2n) is 7.18. The third-order valence-electron chi connectivity index (χ3n) is 4.99. The van der Waals surface area contributed by atoms with Gasteiger partial charge in [0.15, 0.2) is 5.78 Å². The molecule has 1 N–H and O–H groups in total. The Hall–Kier alpha value is -1.98. The number of hydrogen-bond donors (Lipinski definition) is 1. The Morgan fingerprint density at radius 3 is 2.30 bits per heavy atom. The van der Waals surface area contributed by atoms with Gasteiger partial charge < -0.3 is 5.32 Å². The number of thiophene rings is 1. The lowest BCUT2D eigenvalue weighted by Crippen LogP contribution is -2.24. The molecule has 0 unspecified atom stereocenters. The number of Topliss-reactive ketones (excluding diaryl/α,β-unsaturated/α-hetero) is 1. The maximum atomic E-state index is 12.0. The first-order chi connectivity index (χ1) is 13.2. The molecular weight excluding hydrogens is 356 g/mol. The zero-order valence-corrected chi connectivity index (χ0v) is 16.6. The summed E-state index contributed by atoms with van der Waals surface area (Å²) in [5.74, 6) is -0.0356. The fourth-order valence-corrected chi connectivity index (χ4v) is 4.09. The molecule has 0 spiro atoms. The number of nitrogens with one attached hydrogen (secondary N) is 1. The molecule has 0 bridgehead atoms. The van der Waals surface area contributed by atoms with Crippen LogP contribution >= 0.6 is 11.3 Å². The van der Waals surface area contributed by atoms with Crippen LogP contribution in [0.2, 0.25) is 0 Å². The quantitative estimate of drug-likeness (QED) is 0.686. The van der Waals surface area contributed by atoms with Crippen LogP contribution in [0.3, 0.4) is 0 Å². The highest BCUT2D eigenvalue weighted by atomic mass is 32.1. The third-order valence-corrected chi connectivity index (χ3v) is 5.90. The van der Waals surface area contributed by atoms with E-state index in [0.717, 1.165) is 17.0 Å². The maximum absolute atomic E-state index is 12.0. The van der Waals surface area contributed by atoms with Gasteiger partial charge in [0.1, 0.15) is 0 Å². The lowest BCUT2D eigenvalue weighted by atomic mass is 10.1. The lowest BCUT2D eigenvalue weighted by molar-refractivity contribution is -0.121. The van der Waals surface area contributed by atoms with Gasteiger partial charge in [-0.05, 0) is 48.5 Å². The van der Waals surface area contributed by atoms with E-state index in [-0.39, 0.29) is 24.5 Å². The van der Waals surface area contributed by atoms with E-state index in [9.17, 15) is 9.59 Å². The molecule has 0 radical (unpaired) electrons. The highest BCUT2D eigenvalue weighted by Crippen LogP contribution is 2.14. The van der Waals surface area contributed by atoms with E-state index in [2.05, 4.69) is 34.5 Å². The first-order valence-electron chi connectivity index (χ1n) is 9.84. The summed E-state index contributed by atoms with van der Waals surface area (Å²) >= 11 is 1.42. The summed E-state index contributed by atoms with van der Waals surface area (Å²) in [7, 11) is 0. The number of ketones is 1. The largest absolute Gasteiger partial charge is 0.352 e. The van der Waals surface area contributed by atoms with Crippen LogP contribution in [-0.4, -0.2) is 29.7 Å². The molecular formula is C22H28N2O2S. The van der Waals surface area contributed by atoms with Crippen molar-refractivity contribution in [3.05, 3.63) is 57.8 Å². The molecule has 144 valence electrons. The van der Waals surface area contributed by atoms with Gasteiger partial charge in [0.05, 0.1) is 4.88 Å². The zero-order valence-electron chi connectivity index (χ0n) is 15.8. The molecule has 1 aromatic carbocycles. The predicted molar refractivity (Wildman–Crippen MR) is 110 cm³/mol. The van der Waals surface area contributed by atoms with Crippen molar-refractivity contribution < 1.29 is 9.59 Å². The molecule has 4 nitrogen and oxygen atoms in total. The summed E-state index contributed by atoms with van der Waals surface area (Å²) < 4.78 is 0. The van der Waals surface area contributed by atoms with Crippen LogP contribution in [-0.2, 0) is 17.9 Å². The molecule has 1 saturated heterocycles. The van der Waals surface area contributed by atoms with Gasteiger partial charge >= 0.3 is 0 Å². The summed E-state index contributed by atoms with van der Waals surface area (Å²) in [5.41, 5.74) is 2.42. The fraction of sp³-hybridized carbons (Fsp3) is 0.455. The number of carbonyl (C=O) groups is 2. The molecule has 1 fully saturated rings. The highest BCUT2D eigenvalue weighted by Gasteiger charge is 2.11. The number of nitrogens with zero attached hydrogens (tertiary/aromatic N) is 1. The summed E-state index contributed by atoms with van der Waals surface area (Å²) in [6.45, 7) is 3.91. The molecule has 27 heavy (non-hydrogen) atoms. The van der Waals surface area contributed by atoms with Crippen LogP contribution in [0.4, 0.5) is 0 Å². The molecule has 1 aliphatic rings. The van der Waals surface area contributed by atoms with Crippen LogP contribution < -0.4 is 5.32 Å². The number of rotatable bonds is 8. The van der Waals surface area contributed by atoms with E-state index in [0.29, 0.717) is 6.54 Å².